The van der Waals surface area contributed by atoms with Crippen molar-refractivity contribution in [2.75, 3.05) is 0 Å². The Bertz CT molecular complexity index is 210. The minimum absolute atomic E-state index is 0. The molecule has 76 valence electrons. The Labute approximate surface area is 101 Å². The van der Waals surface area contributed by atoms with Gasteiger partial charge in [-0.25, -0.2) is 0 Å². The summed E-state index contributed by atoms with van der Waals surface area (Å²) in [5.74, 6) is -1.77. The summed E-state index contributed by atoms with van der Waals surface area (Å²) < 4.78 is 4.28. The number of hydrogen-bond acceptors (Lipinski definition) is 7. The number of carbonyl (C=O) groups is 1. The second-order valence-electron chi connectivity index (χ2n) is 2.74. The summed E-state index contributed by atoms with van der Waals surface area (Å²) in [7, 11) is 0. The molecule has 0 aromatic carbocycles. The zero-order valence-electron chi connectivity index (χ0n) is 7.40. The van der Waals surface area contributed by atoms with E-state index in [4.69, 9.17) is 20.4 Å². The summed E-state index contributed by atoms with van der Waals surface area (Å²) >= 11 is 0. The van der Waals surface area contributed by atoms with Crippen molar-refractivity contribution in [3.05, 3.63) is 0 Å². The molecule has 8 heteroatoms. The minimum Gasteiger partial charge on any atom is -0.547 e. The number of rotatable bonds is 1. The van der Waals surface area contributed by atoms with Crippen LogP contribution in [0.3, 0.4) is 0 Å². The molecule has 0 bridgehead atoms. The van der Waals surface area contributed by atoms with Gasteiger partial charge in [0.1, 0.15) is 24.4 Å². The fourth-order valence-corrected chi connectivity index (χ4v) is 1.06. The molecule has 0 aliphatic carbocycles. The Morgan fingerprint density at radius 3 is 2.00 bits per heavy atom. The Morgan fingerprint density at radius 2 is 1.57 bits per heavy atom. The van der Waals surface area contributed by atoms with E-state index in [1.54, 1.807) is 0 Å². The van der Waals surface area contributed by atoms with Crippen LogP contribution in [-0.2, 0) is 9.53 Å². The van der Waals surface area contributed by atoms with E-state index in [1.165, 1.54) is 0 Å². The number of carboxylic acid groups (broad SMARTS) is 1. The first-order valence-corrected chi connectivity index (χ1v) is 3.53. The van der Waals surface area contributed by atoms with E-state index in [0.717, 1.165) is 0 Å². The predicted molar refractivity (Wildman–Crippen MR) is 33.9 cm³/mol. The Morgan fingerprint density at radius 1 is 1.07 bits per heavy atom. The van der Waals surface area contributed by atoms with Crippen LogP contribution < -0.4 is 34.7 Å². The SMILES string of the molecule is O=C([O-])[C@H]1O[C@@H](O)[C@H](O)[C@@H](O)[C@@H]1O.[Na+]. The number of aliphatic hydroxyl groups excluding tert-OH is 4. The number of hydrogen-bond donors (Lipinski definition) is 4. The normalized spacial score (nSPS) is 42.7. The molecule has 0 aromatic rings. The first-order chi connectivity index (χ1) is 5.95. The first kappa shape index (κ1) is 14.3. The predicted octanol–water partition coefficient (Wildman–Crippen LogP) is -7.46. The molecule has 4 N–H and O–H groups in total. The molecular formula is C6H9NaO7. The van der Waals surface area contributed by atoms with E-state index in [9.17, 15) is 9.90 Å². The van der Waals surface area contributed by atoms with E-state index in [1.807, 2.05) is 0 Å². The van der Waals surface area contributed by atoms with Crippen LogP contribution in [0.4, 0.5) is 0 Å². The van der Waals surface area contributed by atoms with Crippen LogP contribution in [0.2, 0.25) is 0 Å². The fourth-order valence-electron chi connectivity index (χ4n) is 1.06. The maximum atomic E-state index is 10.3. The zero-order valence-corrected chi connectivity index (χ0v) is 9.40. The van der Waals surface area contributed by atoms with Crippen molar-refractivity contribution >= 4 is 5.97 Å². The molecule has 5 atom stereocenters. The number of ether oxygens (including phenoxy) is 1. The summed E-state index contributed by atoms with van der Waals surface area (Å²) in [4.78, 5) is 10.3. The summed E-state index contributed by atoms with van der Waals surface area (Å²) in [5.41, 5.74) is 0. The smallest absolute Gasteiger partial charge is 0.547 e. The van der Waals surface area contributed by atoms with Crippen molar-refractivity contribution in [2.45, 2.75) is 30.7 Å². The zero-order chi connectivity index (χ0) is 10.2. The topological polar surface area (TPSA) is 130 Å². The number of aliphatic hydroxyl groups is 4. The maximum absolute atomic E-state index is 10.3. The third-order valence-electron chi connectivity index (χ3n) is 1.82. The van der Waals surface area contributed by atoms with Gasteiger partial charge in [-0.15, -0.1) is 0 Å². The summed E-state index contributed by atoms with van der Waals surface area (Å²) in [6.07, 6.45) is -9.00. The summed E-state index contributed by atoms with van der Waals surface area (Å²) in [6.45, 7) is 0. The van der Waals surface area contributed by atoms with Crippen LogP contribution >= 0.6 is 0 Å². The fraction of sp³-hybridized carbons (Fsp3) is 0.833. The maximum Gasteiger partial charge on any atom is 1.00 e. The molecule has 14 heavy (non-hydrogen) atoms. The van der Waals surface area contributed by atoms with Gasteiger partial charge in [-0.05, 0) is 0 Å². The molecule has 0 spiro atoms. The molecule has 1 rings (SSSR count). The van der Waals surface area contributed by atoms with Gasteiger partial charge in [0.2, 0.25) is 0 Å². The van der Waals surface area contributed by atoms with Crippen molar-refractivity contribution in [3.63, 3.8) is 0 Å². The molecule has 0 saturated carbocycles. The molecule has 0 aromatic heterocycles. The standard InChI is InChI=1S/C6H10O7.Na/c7-1-2(8)4(5(10)11)13-6(12)3(1)9;/h1-4,6-9,12H,(H,10,11);/q;+1/p-1/t1-,2-,3+,4-,6+;/m0./s1. The van der Waals surface area contributed by atoms with Gasteiger partial charge in [0.15, 0.2) is 6.29 Å². The van der Waals surface area contributed by atoms with Crippen molar-refractivity contribution in [1.82, 2.24) is 0 Å². The average Bonchev–Trinajstić information content (AvgIpc) is 2.07. The second kappa shape index (κ2) is 5.38. The number of carboxylic acids is 1. The Balaban J connectivity index is 0.00000169. The second-order valence-corrected chi connectivity index (χ2v) is 2.74. The van der Waals surface area contributed by atoms with E-state index in [-0.39, 0.29) is 29.6 Å². The van der Waals surface area contributed by atoms with E-state index in [2.05, 4.69) is 4.74 Å². The van der Waals surface area contributed by atoms with Crippen LogP contribution in [0.25, 0.3) is 0 Å². The van der Waals surface area contributed by atoms with E-state index >= 15 is 0 Å². The van der Waals surface area contributed by atoms with Crippen molar-refractivity contribution in [1.29, 1.82) is 0 Å². The van der Waals surface area contributed by atoms with Gasteiger partial charge in [-0.2, -0.15) is 0 Å². The molecule has 0 unspecified atom stereocenters. The quantitative estimate of drug-likeness (QED) is 0.320. The van der Waals surface area contributed by atoms with Crippen LogP contribution in [0, 0.1) is 0 Å². The van der Waals surface area contributed by atoms with Gasteiger partial charge >= 0.3 is 29.6 Å². The van der Waals surface area contributed by atoms with Gasteiger partial charge < -0.3 is 35.1 Å². The van der Waals surface area contributed by atoms with Crippen molar-refractivity contribution < 1.29 is 64.6 Å². The van der Waals surface area contributed by atoms with Gasteiger partial charge in [0, 0.05) is 0 Å². The summed E-state index contributed by atoms with van der Waals surface area (Å²) in [5, 5.41) is 46.1. The molecule has 1 heterocycles. The van der Waals surface area contributed by atoms with Gasteiger partial charge in [-0.3, -0.25) is 0 Å². The number of carbonyl (C=O) groups excluding carboxylic acids is 1. The van der Waals surface area contributed by atoms with Crippen LogP contribution in [0.15, 0.2) is 0 Å². The van der Waals surface area contributed by atoms with E-state index in [0.29, 0.717) is 0 Å². The molecule has 0 amide bonds. The third-order valence-corrected chi connectivity index (χ3v) is 1.82. The number of aliphatic carboxylic acids is 1. The molecule has 1 saturated heterocycles. The molecule has 1 fully saturated rings. The Hall–Kier alpha value is 0.270. The van der Waals surface area contributed by atoms with Gasteiger partial charge in [0.25, 0.3) is 0 Å². The molecule has 7 nitrogen and oxygen atoms in total. The van der Waals surface area contributed by atoms with Crippen LogP contribution in [0.1, 0.15) is 0 Å². The largest absolute Gasteiger partial charge is 1.00 e. The molecule has 1 aliphatic rings. The molecular weight excluding hydrogens is 207 g/mol. The van der Waals surface area contributed by atoms with Gasteiger partial charge in [-0.1, -0.05) is 0 Å². The summed E-state index contributed by atoms with van der Waals surface area (Å²) in [6, 6.07) is 0. The van der Waals surface area contributed by atoms with Crippen molar-refractivity contribution in [2.24, 2.45) is 0 Å². The Kier molecular flexibility index (Phi) is 5.48. The van der Waals surface area contributed by atoms with Crippen LogP contribution in [-0.4, -0.2) is 57.1 Å². The van der Waals surface area contributed by atoms with Crippen molar-refractivity contribution in [3.8, 4) is 0 Å². The average molecular weight is 216 g/mol. The van der Waals surface area contributed by atoms with E-state index < -0.39 is 36.7 Å². The minimum atomic E-state index is -1.85. The molecule has 1 aliphatic heterocycles. The third kappa shape index (κ3) is 2.65. The first-order valence-electron chi connectivity index (χ1n) is 3.53. The monoisotopic (exact) mass is 216 g/mol. The van der Waals surface area contributed by atoms with Crippen LogP contribution in [0.5, 0.6) is 0 Å². The van der Waals surface area contributed by atoms with Gasteiger partial charge in [0.05, 0.1) is 5.97 Å². The molecule has 0 radical (unpaired) electrons.